The van der Waals surface area contributed by atoms with E-state index in [2.05, 4.69) is 31.3 Å². The van der Waals surface area contributed by atoms with Crippen LogP contribution in [0.2, 0.25) is 0 Å². The van der Waals surface area contributed by atoms with Crippen LogP contribution in [0, 0.1) is 5.92 Å². The lowest BCUT2D eigenvalue weighted by atomic mass is 10.2. The van der Waals surface area contributed by atoms with Crippen LogP contribution in [0.1, 0.15) is 19.3 Å². The number of aliphatic hydroxyl groups is 1. The number of carbonyl (C=O) groups is 1. The van der Waals surface area contributed by atoms with Crippen molar-refractivity contribution in [1.82, 2.24) is 8.43 Å². The third-order valence-corrected chi connectivity index (χ3v) is 3.70. The first-order valence-electron chi connectivity index (χ1n) is 5.06. The summed E-state index contributed by atoms with van der Waals surface area (Å²) in [6, 6.07) is 0.229. The first-order chi connectivity index (χ1) is 6.66. The van der Waals surface area contributed by atoms with Crippen LogP contribution in [0.3, 0.4) is 0 Å². The molecule has 0 aromatic carbocycles. The Morgan fingerprint density at radius 3 is 2.71 bits per heavy atom. The Hall–Kier alpha value is 0.120. The molecule has 1 aliphatic carbocycles. The number of halogens is 1. The number of amides is 1. The third-order valence-electron chi connectivity index (χ3n) is 2.82. The van der Waals surface area contributed by atoms with E-state index < -0.39 is 6.10 Å². The maximum Gasteiger partial charge on any atom is 0.249 e. The lowest BCUT2D eigenvalue weighted by Gasteiger charge is -2.15. The van der Waals surface area contributed by atoms with Crippen LogP contribution in [-0.4, -0.2) is 39.4 Å². The van der Waals surface area contributed by atoms with E-state index in [0.29, 0.717) is 0 Å². The average Bonchev–Trinajstić information content (AvgIpc) is 2.91. The quantitative estimate of drug-likeness (QED) is 0.582. The monoisotopic (exact) mass is 310 g/mol. The predicted molar refractivity (Wildman–Crippen MR) is 60.9 cm³/mol. The highest BCUT2D eigenvalue weighted by molar-refractivity contribution is 14.1. The number of nitrogens with zero attached hydrogens (tertiary/aromatic N) is 1. The Labute approximate surface area is 97.5 Å². The van der Waals surface area contributed by atoms with Crippen molar-refractivity contribution in [3.8, 4) is 0 Å². The Kier molecular flexibility index (Phi) is 3.28. The van der Waals surface area contributed by atoms with E-state index in [4.69, 9.17) is 0 Å². The van der Waals surface area contributed by atoms with E-state index in [1.54, 1.807) is 0 Å². The topological polar surface area (TPSA) is 52.6 Å². The molecule has 0 bridgehead atoms. The highest BCUT2D eigenvalue weighted by Crippen LogP contribution is 2.32. The largest absolute Gasteiger partial charge is 0.383 e. The lowest BCUT2D eigenvalue weighted by Crippen LogP contribution is -2.43. The molecule has 4 nitrogen and oxygen atoms in total. The highest BCUT2D eigenvalue weighted by Gasteiger charge is 2.35. The summed E-state index contributed by atoms with van der Waals surface area (Å²) in [5, 5.41) is 12.5. The second kappa shape index (κ2) is 4.32. The van der Waals surface area contributed by atoms with Crippen molar-refractivity contribution in [2.45, 2.75) is 31.4 Å². The van der Waals surface area contributed by atoms with Crippen molar-refractivity contribution in [3.05, 3.63) is 0 Å². The van der Waals surface area contributed by atoms with Gasteiger partial charge in [-0.05, 0) is 25.2 Å². The lowest BCUT2D eigenvalue weighted by molar-refractivity contribution is -0.130. The Morgan fingerprint density at radius 1 is 1.50 bits per heavy atom. The molecule has 1 saturated carbocycles. The normalized spacial score (nSPS) is 30.3. The van der Waals surface area contributed by atoms with Crippen molar-refractivity contribution < 1.29 is 9.90 Å². The van der Waals surface area contributed by atoms with Gasteiger partial charge >= 0.3 is 0 Å². The molecule has 1 heterocycles. The van der Waals surface area contributed by atoms with E-state index in [9.17, 15) is 9.90 Å². The van der Waals surface area contributed by atoms with Gasteiger partial charge in [-0.1, -0.05) is 0 Å². The molecular formula is C9H15IN2O2. The fourth-order valence-electron chi connectivity index (χ4n) is 1.75. The van der Waals surface area contributed by atoms with Gasteiger partial charge in [-0.25, -0.2) is 3.11 Å². The molecule has 1 aliphatic heterocycles. The zero-order valence-corrected chi connectivity index (χ0v) is 10.1. The molecule has 0 spiro atoms. The predicted octanol–water partition coefficient (Wildman–Crippen LogP) is 0.298. The second-order valence-electron chi connectivity index (χ2n) is 4.15. The molecule has 5 heteroatoms. The fraction of sp³-hybridized carbons (Fsp3) is 0.889. The summed E-state index contributed by atoms with van der Waals surface area (Å²) in [5.74, 6) is 0.0521. The molecule has 14 heavy (non-hydrogen) atoms. The second-order valence-corrected chi connectivity index (χ2v) is 5.51. The minimum absolute atomic E-state index is 0.177. The summed E-state index contributed by atoms with van der Waals surface area (Å²) in [6.07, 6.45) is 2.22. The summed E-state index contributed by atoms with van der Waals surface area (Å²) in [4.78, 5) is 11.5. The number of nitrogens with one attached hydrogen (secondary N) is 1. The van der Waals surface area contributed by atoms with Crippen LogP contribution < -0.4 is 5.32 Å². The number of hydrogen-bond donors (Lipinski definition) is 2. The van der Waals surface area contributed by atoms with Gasteiger partial charge in [0.15, 0.2) is 0 Å². The van der Waals surface area contributed by atoms with Crippen molar-refractivity contribution in [2.24, 2.45) is 5.92 Å². The Bertz CT molecular complexity index is 233. The molecule has 1 saturated heterocycles. The van der Waals surface area contributed by atoms with Crippen LogP contribution in [-0.2, 0) is 4.79 Å². The molecule has 0 aromatic heterocycles. The molecular weight excluding hydrogens is 295 g/mol. The Morgan fingerprint density at radius 2 is 2.21 bits per heavy atom. The molecule has 2 aliphatic rings. The number of carbonyl (C=O) groups excluding carboxylic acids is 1. The number of rotatable bonds is 3. The average molecular weight is 310 g/mol. The van der Waals surface area contributed by atoms with Gasteiger partial charge in [-0.3, -0.25) is 4.79 Å². The van der Waals surface area contributed by atoms with Crippen molar-refractivity contribution in [2.75, 3.05) is 13.1 Å². The molecule has 80 valence electrons. The smallest absolute Gasteiger partial charge is 0.249 e. The minimum Gasteiger partial charge on any atom is -0.383 e. The first kappa shape index (κ1) is 10.6. The van der Waals surface area contributed by atoms with Gasteiger partial charge in [0.1, 0.15) is 6.10 Å². The summed E-state index contributed by atoms with van der Waals surface area (Å²) < 4.78 is 2.16. The molecule has 2 unspecified atom stereocenters. The number of aliphatic hydroxyl groups excluding tert-OH is 1. The van der Waals surface area contributed by atoms with Gasteiger partial charge in [0, 0.05) is 42.0 Å². The van der Waals surface area contributed by atoms with Gasteiger partial charge in [-0.15, -0.1) is 0 Å². The van der Waals surface area contributed by atoms with E-state index in [1.807, 2.05) is 0 Å². The highest BCUT2D eigenvalue weighted by atomic mass is 127. The van der Waals surface area contributed by atoms with Gasteiger partial charge in [0.05, 0.1) is 0 Å². The zero-order chi connectivity index (χ0) is 10.1. The van der Waals surface area contributed by atoms with Crippen LogP contribution in [0.15, 0.2) is 0 Å². The van der Waals surface area contributed by atoms with Crippen molar-refractivity contribution in [1.29, 1.82) is 0 Å². The van der Waals surface area contributed by atoms with Crippen LogP contribution in [0.4, 0.5) is 0 Å². The van der Waals surface area contributed by atoms with Crippen LogP contribution in [0.5, 0.6) is 0 Å². The molecule has 2 N–H and O–H groups in total. The Balaban J connectivity index is 1.76. The summed E-state index contributed by atoms with van der Waals surface area (Å²) >= 11 is 2.26. The summed E-state index contributed by atoms with van der Waals surface area (Å²) in [6.45, 7) is 1.91. The van der Waals surface area contributed by atoms with Crippen molar-refractivity contribution in [3.63, 3.8) is 0 Å². The van der Waals surface area contributed by atoms with E-state index in [1.165, 1.54) is 0 Å². The third kappa shape index (κ3) is 2.58. The standard InChI is InChI=1S/C9H15IN2O2/c10-12-4-3-7(5-12)11-9(14)8(13)6-1-2-6/h6-8,13H,1-5H2,(H,11,14). The first-order valence-corrected chi connectivity index (χ1v) is 6.02. The molecule has 1 amide bonds. The van der Waals surface area contributed by atoms with Crippen molar-refractivity contribution >= 4 is 28.8 Å². The van der Waals surface area contributed by atoms with Gasteiger partial charge in [0.2, 0.25) is 5.91 Å². The number of hydrogen-bond acceptors (Lipinski definition) is 3. The maximum absolute atomic E-state index is 11.5. The van der Waals surface area contributed by atoms with E-state index in [-0.39, 0.29) is 17.9 Å². The van der Waals surface area contributed by atoms with Crippen LogP contribution in [0.25, 0.3) is 0 Å². The fourth-order valence-corrected chi connectivity index (χ4v) is 2.50. The molecule has 0 radical (unpaired) electrons. The van der Waals surface area contributed by atoms with E-state index >= 15 is 0 Å². The minimum atomic E-state index is -0.765. The van der Waals surface area contributed by atoms with Crippen LogP contribution >= 0.6 is 22.9 Å². The SMILES string of the molecule is O=C(NC1CCN(I)C1)C(O)C1CC1. The van der Waals surface area contributed by atoms with E-state index in [0.717, 1.165) is 32.4 Å². The molecule has 2 fully saturated rings. The van der Waals surface area contributed by atoms with Gasteiger partial charge in [0.25, 0.3) is 0 Å². The maximum atomic E-state index is 11.5. The van der Waals surface area contributed by atoms with Gasteiger partial charge in [-0.2, -0.15) is 0 Å². The molecule has 2 atom stereocenters. The summed E-state index contributed by atoms with van der Waals surface area (Å²) in [5.41, 5.74) is 0. The molecule has 0 aromatic rings. The van der Waals surface area contributed by atoms with Gasteiger partial charge < -0.3 is 10.4 Å². The summed E-state index contributed by atoms with van der Waals surface area (Å²) in [7, 11) is 0. The molecule has 2 rings (SSSR count). The zero-order valence-electron chi connectivity index (χ0n) is 7.95.